The number of hydrogen-bond acceptors (Lipinski definition) is 6. The van der Waals surface area contributed by atoms with Crippen molar-refractivity contribution >= 4 is 11.9 Å². The summed E-state index contributed by atoms with van der Waals surface area (Å²) in [5.41, 5.74) is 0. The van der Waals surface area contributed by atoms with E-state index < -0.39 is 23.8 Å². The molecule has 0 aliphatic carbocycles. The van der Waals surface area contributed by atoms with Crippen molar-refractivity contribution in [2.45, 2.75) is 31.7 Å². The zero-order valence-electron chi connectivity index (χ0n) is 9.56. The molecule has 3 unspecified atom stereocenters. The summed E-state index contributed by atoms with van der Waals surface area (Å²) in [5.74, 6) is -6.15. The second-order valence-electron chi connectivity index (χ2n) is 3.54. The van der Waals surface area contributed by atoms with E-state index in [4.69, 9.17) is 0 Å². The molecule has 3 atom stereocenters. The molecule has 0 aromatic rings. The van der Waals surface area contributed by atoms with Gasteiger partial charge in [-0.1, -0.05) is 6.92 Å². The van der Waals surface area contributed by atoms with Crippen molar-refractivity contribution < 1.29 is 88.8 Å². The van der Waals surface area contributed by atoms with Gasteiger partial charge >= 0.3 is 59.1 Å². The van der Waals surface area contributed by atoms with Crippen LogP contribution in [0.2, 0.25) is 0 Å². The Labute approximate surface area is 137 Å². The van der Waals surface area contributed by atoms with Crippen LogP contribution in [0.1, 0.15) is 19.8 Å². The quantitative estimate of drug-likeness (QED) is 0.486. The number of carbonyl (C=O) groups excluding carboxylic acids is 2. The van der Waals surface area contributed by atoms with Crippen LogP contribution < -0.4 is 69.3 Å². The van der Waals surface area contributed by atoms with E-state index in [1.165, 1.54) is 0 Å². The Bertz CT molecular complexity index is 271. The van der Waals surface area contributed by atoms with Gasteiger partial charge < -0.3 is 29.6 Å². The predicted octanol–water partition coefficient (Wildman–Crippen LogP) is -9.00. The minimum Gasteiger partial charge on any atom is -0.547 e. The molecule has 1 N–H and O–H groups in total. The van der Waals surface area contributed by atoms with Gasteiger partial charge in [-0.3, -0.25) is 0 Å². The van der Waals surface area contributed by atoms with Crippen molar-refractivity contribution in [3.63, 3.8) is 0 Å². The number of ether oxygens (including phenoxy) is 1. The number of aliphatic hydroxyl groups is 1. The average molecular weight is 248 g/mol. The van der Waals surface area contributed by atoms with Gasteiger partial charge in [-0.05, 0) is 12.3 Å². The van der Waals surface area contributed by atoms with Gasteiger partial charge in [-0.25, -0.2) is 0 Å². The average Bonchev–Trinajstić information content (AvgIpc) is 2.02. The molecule has 6 nitrogen and oxygen atoms in total. The van der Waals surface area contributed by atoms with E-state index in [1.807, 2.05) is 0 Å². The first-order valence-corrected chi connectivity index (χ1v) is 4.17. The van der Waals surface area contributed by atoms with Gasteiger partial charge in [0.05, 0.1) is 5.97 Å². The third-order valence-electron chi connectivity index (χ3n) is 2.16. The van der Waals surface area contributed by atoms with Crippen LogP contribution in [-0.2, 0) is 14.3 Å². The van der Waals surface area contributed by atoms with Crippen molar-refractivity contribution in [2.75, 3.05) is 0 Å². The number of carbonyl (C=O) groups is 2. The molecule has 0 spiro atoms. The van der Waals surface area contributed by atoms with Crippen LogP contribution in [0.4, 0.5) is 0 Å². The van der Waals surface area contributed by atoms with Gasteiger partial charge in [-0.15, -0.1) is 0 Å². The number of hydrogen-bond donors (Lipinski definition) is 1. The molecule has 8 heteroatoms. The van der Waals surface area contributed by atoms with Crippen molar-refractivity contribution in [3.05, 3.63) is 0 Å². The Morgan fingerprint density at radius 1 is 1.38 bits per heavy atom. The molecule has 1 saturated heterocycles. The zero-order chi connectivity index (χ0) is 10.9. The van der Waals surface area contributed by atoms with Crippen molar-refractivity contribution in [3.8, 4) is 0 Å². The molecule has 0 saturated carbocycles. The van der Waals surface area contributed by atoms with E-state index in [1.54, 1.807) is 6.92 Å². The zero-order valence-corrected chi connectivity index (χ0v) is 13.6. The fraction of sp³-hybridized carbons (Fsp3) is 0.750. The standard InChI is InChI=1S/C8H12O6.2Na/c1-4-2-5(6(9)10)14-8(13,3-4)7(11)12;;/h4-5,13H,2-3H2,1H3,(H,9,10)(H,11,12);;/q;2*+1/p-2. The van der Waals surface area contributed by atoms with E-state index in [-0.39, 0.29) is 77.9 Å². The van der Waals surface area contributed by atoms with Crippen LogP contribution in [0.3, 0.4) is 0 Å². The normalized spacial score (nSPS) is 33.1. The Morgan fingerprint density at radius 3 is 2.25 bits per heavy atom. The Balaban J connectivity index is 0. The number of carboxylic acid groups (broad SMARTS) is 2. The minimum atomic E-state index is -2.51. The maximum Gasteiger partial charge on any atom is 1.00 e. The molecule has 0 amide bonds. The van der Waals surface area contributed by atoms with Crippen molar-refractivity contribution in [2.24, 2.45) is 5.92 Å². The molecular formula is C8H10Na2O6. The van der Waals surface area contributed by atoms with E-state index in [9.17, 15) is 24.9 Å². The maximum atomic E-state index is 10.5. The maximum absolute atomic E-state index is 10.5. The first-order valence-electron chi connectivity index (χ1n) is 4.17. The van der Waals surface area contributed by atoms with Crippen LogP contribution >= 0.6 is 0 Å². The van der Waals surface area contributed by atoms with E-state index >= 15 is 0 Å². The largest absolute Gasteiger partial charge is 1.00 e. The van der Waals surface area contributed by atoms with Crippen LogP contribution in [-0.4, -0.2) is 28.9 Å². The summed E-state index contributed by atoms with van der Waals surface area (Å²) in [4.78, 5) is 20.9. The molecule has 80 valence electrons. The molecule has 0 radical (unpaired) electrons. The Kier molecular flexibility index (Phi) is 8.80. The number of rotatable bonds is 2. The van der Waals surface area contributed by atoms with Gasteiger partial charge in [0.25, 0.3) is 0 Å². The SMILES string of the molecule is CC1CC(C(=O)[O-])OC(O)(C(=O)[O-])C1.[Na+].[Na+]. The second-order valence-corrected chi connectivity index (χ2v) is 3.54. The Morgan fingerprint density at radius 2 is 1.88 bits per heavy atom. The van der Waals surface area contributed by atoms with Crippen LogP contribution in [0, 0.1) is 5.92 Å². The van der Waals surface area contributed by atoms with Gasteiger partial charge in [-0.2, -0.15) is 0 Å². The summed E-state index contributed by atoms with van der Waals surface area (Å²) in [7, 11) is 0. The molecule has 1 fully saturated rings. The molecule has 0 aromatic heterocycles. The summed E-state index contributed by atoms with van der Waals surface area (Å²) in [5, 5.41) is 30.3. The van der Waals surface area contributed by atoms with Crippen LogP contribution in [0.5, 0.6) is 0 Å². The molecule has 1 heterocycles. The minimum absolute atomic E-state index is 0. The molecule has 16 heavy (non-hydrogen) atoms. The van der Waals surface area contributed by atoms with E-state index in [0.29, 0.717) is 0 Å². The van der Waals surface area contributed by atoms with Gasteiger partial charge in [0.2, 0.25) is 5.79 Å². The topological polar surface area (TPSA) is 110 Å². The summed E-state index contributed by atoms with van der Waals surface area (Å²) in [6, 6.07) is 0. The monoisotopic (exact) mass is 248 g/mol. The number of aliphatic carboxylic acids is 2. The molecular weight excluding hydrogens is 238 g/mol. The predicted molar refractivity (Wildman–Crippen MR) is 38.2 cm³/mol. The first kappa shape index (κ1) is 19.2. The molecule has 0 aromatic carbocycles. The third-order valence-corrected chi connectivity index (χ3v) is 2.16. The summed E-state index contributed by atoms with van der Waals surface area (Å²) >= 11 is 0. The van der Waals surface area contributed by atoms with Crippen LogP contribution in [0.15, 0.2) is 0 Å². The second kappa shape index (κ2) is 7.33. The van der Waals surface area contributed by atoms with E-state index in [2.05, 4.69) is 4.74 Å². The summed E-state index contributed by atoms with van der Waals surface area (Å²) in [6.45, 7) is 1.62. The van der Waals surface area contributed by atoms with Gasteiger partial charge in [0.1, 0.15) is 12.1 Å². The van der Waals surface area contributed by atoms with E-state index in [0.717, 1.165) is 0 Å². The van der Waals surface area contributed by atoms with Gasteiger partial charge in [0, 0.05) is 6.42 Å². The summed E-state index contributed by atoms with van der Waals surface area (Å²) in [6.07, 6.45) is -1.46. The van der Waals surface area contributed by atoms with Crippen molar-refractivity contribution in [1.29, 1.82) is 0 Å². The van der Waals surface area contributed by atoms with Gasteiger partial charge in [0.15, 0.2) is 0 Å². The molecule has 1 aliphatic heterocycles. The fourth-order valence-electron chi connectivity index (χ4n) is 1.53. The molecule has 1 rings (SSSR count). The summed E-state index contributed by atoms with van der Waals surface area (Å²) < 4.78 is 4.50. The Hall–Kier alpha value is 0.860. The fourth-order valence-corrected chi connectivity index (χ4v) is 1.53. The smallest absolute Gasteiger partial charge is 0.547 e. The third kappa shape index (κ3) is 4.62. The van der Waals surface area contributed by atoms with Crippen LogP contribution in [0.25, 0.3) is 0 Å². The molecule has 0 bridgehead atoms. The molecule has 1 aliphatic rings. The van der Waals surface area contributed by atoms with Crippen molar-refractivity contribution in [1.82, 2.24) is 0 Å². The number of carboxylic acids is 2. The first-order chi connectivity index (χ1) is 6.35.